The molecule has 5 N–H and O–H groups in total. The summed E-state index contributed by atoms with van der Waals surface area (Å²) in [5.41, 5.74) is 9.98. The van der Waals surface area contributed by atoms with Crippen molar-refractivity contribution >= 4 is 17.6 Å². The third-order valence-corrected chi connectivity index (χ3v) is 3.88. The predicted molar refractivity (Wildman–Crippen MR) is 75.0 cm³/mol. The van der Waals surface area contributed by atoms with E-state index in [1.807, 2.05) is 6.92 Å². The average molecular weight is 284 g/mol. The van der Waals surface area contributed by atoms with E-state index in [1.54, 1.807) is 0 Å². The van der Waals surface area contributed by atoms with Crippen molar-refractivity contribution < 1.29 is 14.8 Å². The lowest BCUT2D eigenvalue weighted by molar-refractivity contribution is -0.141. The first-order valence-electron chi connectivity index (χ1n) is 7.03. The fourth-order valence-corrected chi connectivity index (χ4v) is 2.75. The van der Waals surface area contributed by atoms with Crippen molar-refractivity contribution in [3.05, 3.63) is 0 Å². The topological polar surface area (TPSA) is 122 Å². The van der Waals surface area contributed by atoms with Crippen LogP contribution in [0.15, 0.2) is 5.16 Å². The molecule has 0 spiro atoms. The summed E-state index contributed by atoms with van der Waals surface area (Å²) in [7, 11) is 0. The van der Waals surface area contributed by atoms with Crippen LogP contribution in [0.2, 0.25) is 0 Å². The van der Waals surface area contributed by atoms with Crippen molar-refractivity contribution in [3.8, 4) is 0 Å². The first-order chi connectivity index (χ1) is 9.47. The van der Waals surface area contributed by atoms with Gasteiger partial charge in [-0.05, 0) is 19.3 Å². The van der Waals surface area contributed by atoms with Gasteiger partial charge in [-0.3, -0.25) is 9.59 Å². The second kappa shape index (κ2) is 7.12. The molecule has 2 amide bonds. The fourth-order valence-electron chi connectivity index (χ4n) is 2.75. The Balaban J connectivity index is 2.97. The Hall–Kier alpha value is -1.79. The molecule has 0 aromatic rings. The number of hydrogen-bond acceptors (Lipinski definition) is 4. The summed E-state index contributed by atoms with van der Waals surface area (Å²) in [6.07, 6.45) is 4.47. The van der Waals surface area contributed by atoms with Gasteiger partial charge in [-0.25, -0.2) is 0 Å². The van der Waals surface area contributed by atoms with Crippen molar-refractivity contribution in [2.45, 2.75) is 45.4 Å². The third-order valence-electron chi connectivity index (χ3n) is 3.88. The Bertz CT molecular complexity index is 389. The highest BCUT2D eigenvalue weighted by Gasteiger charge is 2.47. The Labute approximate surface area is 119 Å². The van der Waals surface area contributed by atoms with Gasteiger partial charge in [0.05, 0.1) is 6.54 Å². The van der Waals surface area contributed by atoms with Gasteiger partial charge in [-0.15, -0.1) is 0 Å². The van der Waals surface area contributed by atoms with Gasteiger partial charge in [-0.2, -0.15) is 0 Å². The maximum atomic E-state index is 12.8. The van der Waals surface area contributed by atoms with Crippen molar-refractivity contribution in [1.82, 2.24) is 4.90 Å². The lowest BCUT2D eigenvalue weighted by Crippen LogP contribution is -2.52. The fraction of sp³-hybridized carbons (Fsp3) is 0.769. The molecule has 0 aromatic carbocycles. The zero-order chi connectivity index (χ0) is 15.2. The highest BCUT2D eigenvalue weighted by Crippen LogP contribution is 2.40. The maximum absolute atomic E-state index is 12.8. The van der Waals surface area contributed by atoms with Gasteiger partial charge in [0.1, 0.15) is 5.41 Å². The summed E-state index contributed by atoms with van der Waals surface area (Å²) in [6.45, 7) is 2.33. The quantitative estimate of drug-likeness (QED) is 0.271. The van der Waals surface area contributed by atoms with E-state index < -0.39 is 11.3 Å². The molecule has 1 saturated carbocycles. The first-order valence-corrected chi connectivity index (χ1v) is 7.03. The Kier molecular flexibility index (Phi) is 5.79. The number of unbranched alkanes of at least 4 members (excludes halogenated alkanes) is 1. The minimum atomic E-state index is -0.974. The molecular weight excluding hydrogens is 260 g/mol. The molecule has 0 radical (unpaired) electrons. The number of primary amides is 1. The zero-order valence-corrected chi connectivity index (χ0v) is 12.0. The van der Waals surface area contributed by atoms with Gasteiger partial charge in [0.15, 0.2) is 5.84 Å². The maximum Gasteiger partial charge on any atom is 0.237 e. The minimum Gasteiger partial charge on any atom is -0.409 e. The van der Waals surface area contributed by atoms with Gasteiger partial charge in [0.25, 0.3) is 0 Å². The molecule has 0 aliphatic heterocycles. The Morgan fingerprint density at radius 1 is 1.30 bits per heavy atom. The van der Waals surface area contributed by atoms with Crippen LogP contribution in [0.4, 0.5) is 0 Å². The van der Waals surface area contributed by atoms with E-state index in [9.17, 15) is 9.59 Å². The molecule has 1 fully saturated rings. The number of nitrogens with two attached hydrogens (primary N) is 2. The number of rotatable bonds is 7. The van der Waals surface area contributed by atoms with E-state index in [2.05, 4.69) is 5.16 Å². The highest BCUT2D eigenvalue weighted by molar-refractivity contribution is 6.07. The Morgan fingerprint density at radius 3 is 2.35 bits per heavy atom. The van der Waals surface area contributed by atoms with Crippen LogP contribution >= 0.6 is 0 Å². The molecule has 20 heavy (non-hydrogen) atoms. The van der Waals surface area contributed by atoms with Gasteiger partial charge in [0.2, 0.25) is 11.8 Å². The summed E-state index contributed by atoms with van der Waals surface area (Å²) in [6, 6.07) is 0. The van der Waals surface area contributed by atoms with Crippen LogP contribution in [-0.4, -0.2) is 40.8 Å². The van der Waals surface area contributed by atoms with E-state index in [1.165, 1.54) is 4.90 Å². The van der Waals surface area contributed by atoms with Gasteiger partial charge in [0, 0.05) is 6.54 Å². The molecule has 0 saturated heterocycles. The number of oxime groups is 1. The van der Waals surface area contributed by atoms with Crippen LogP contribution in [0, 0.1) is 5.41 Å². The van der Waals surface area contributed by atoms with E-state index in [4.69, 9.17) is 16.7 Å². The van der Waals surface area contributed by atoms with E-state index in [0.717, 1.165) is 25.7 Å². The largest absolute Gasteiger partial charge is 0.409 e. The molecule has 1 aliphatic carbocycles. The van der Waals surface area contributed by atoms with Crippen LogP contribution in [0.1, 0.15) is 45.4 Å². The molecule has 0 aromatic heterocycles. The first kappa shape index (κ1) is 16.3. The second-order valence-corrected chi connectivity index (χ2v) is 5.32. The zero-order valence-electron chi connectivity index (χ0n) is 12.0. The van der Waals surface area contributed by atoms with E-state index >= 15 is 0 Å². The molecule has 0 bridgehead atoms. The summed E-state index contributed by atoms with van der Waals surface area (Å²) >= 11 is 0. The number of hydrogen-bond donors (Lipinski definition) is 3. The van der Waals surface area contributed by atoms with Crippen LogP contribution in [-0.2, 0) is 9.59 Å². The van der Waals surface area contributed by atoms with Crippen molar-refractivity contribution in [2.75, 3.05) is 13.1 Å². The normalized spacial score (nSPS) is 17.9. The number of carbonyl (C=O) groups excluding carboxylic acids is 2. The second-order valence-electron chi connectivity index (χ2n) is 5.32. The van der Waals surface area contributed by atoms with Crippen LogP contribution in [0.3, 0.4) is 0 Å². The summed E-state index contributed by atoms with van der Waals surface area (Å²) in [5, 5.41) is 12.0. The molecule has 7 nitrogen and oxygen atoms in total. The SMILES string of the molecule is CCCCN(CC(N)=O)C(=O)C1(C(N)=NO)CCCC1. The molecular formula is C13H24N4O3. The summed E-state index contributed by atoms with van der Waals surface area (Å²) in [5.74, 6) is -0.870. The predicted octanol–water partition coefficient (Wildman–Crippen LogP) is 0.407. The molecule has 7 heteroatoms. The average Bonchev–Trinajstić information content (AvgIpc) is 2.92. The third kappa shape index (κ3) is 3.40. The number of amides is 2. The Morgan fingerprint density at radius 2 is 1.90 bits per heavy atom. The summed E-state index contributed by atoms with van der Waals surface area (Å²) < 4.78 is 0. The molecule has 1 aliphatic rings. The van der Waals surface area contributed by atoms with Crippen molar-refractivity contribution in [2.24, 2.45) is 22.0 Å². The molecule has 0 unspecified atom stereocenters. The van der Waals surface area contributed by atoms with Gasteiger partial charge >= 0.3 is 0 Å². The molecule has 0 heterocycles. The number of amidine groups is 1. The number of carbonyl (C=O) groups is 2. The van der Waals surface area contributed by atoms with Crippen molar-refractivity contribution in [3.63, 3.8) is 0 Å². The monoisotopic (exact) mass is 284 g/mol. The lowest BCUT2D eigenvalue weighted by Gasteiger charge is -2.32. The molecule has 0 atom stereocenters. The highest BCUT2D eigenvalue weighted by atomic mass is 16.4. The van der Waals surface area contributed by atoms with Gasteiger partial charge in [-0.1, -0.05) is 31.3 Å². The minimum absolute atomic E-state index is 0.0639. The van der Waals surface area contributed by atoms with Gasteiger partial charge < -0.3 is 21.6 Å². The van der Waals surface area contributed by atoms with Crippen LogP contribution < -0.4 is 11.5 Å². The smallest absolute Gasteiger partial charge is 0.237 e. The standard InChI is InChI=1S/C13H24N4O3/c1-2-3-8-17(9-10(14)18)12(19)13(11(15)16-20)6-4-5-7-13/h20H,2-9H2,1H3,(H2,14,18)(H2,15,16). The molecule has 1 rings (SSSR count). The van der Waals surface area contributed by atoms with E-state index in [0.29, 0.717) is 19.4 Å². The molecule has 114 valence electrons. The summed E-state index contributed by atoms with van der Waals surface area (Å²) in [4.78, 5) is 25.3. The number of nitrogens with zero attached hydrogens (tertiary/aromatic N) is 2. The lowest BCUT2D eigenvalue weighted by atomic mass is 9.83. The van der Waals surface area contributed by atoms with Crippen molar-refractivity contribution in [1.29, 1.82) is 0 Å². The van der Waals surface area contributed by atoms with Crippen LogP contribution in [0.25, 0.3) is 0 Å². The van der Waals surface area contributed by atoms with Crippen LogP contribution in [0.5, 0.6) is 0 Å². The van der Waals surface area contributed by atoms with E-state index in [-0.39, 0.29) is 18.3 Å².